The Balaban J connectivity index is 1.56. The van der Waals surface area contributed by atoms with Crippen LogP contribution in [0.5, 0.6) is 0 Å². The van der Waals surface area contributed by atoms with Crippen molar-refractivity contribution in [3.8, 4) is 0 Å². The molecule has 5 nitrogen and oxygen atoms in total. The molecule has 0 radical (unpaired) electrons. The van der Waals surface area contributed by atoms with Crippen molar-refractivity contribution in [2.24, 2.45) is 23.7 Å². The van der Waals surface area contributed by atoms with Crippen LogP contribution in [0.25, 0.3) is 0 Å². The zero-order valence-corrected chi connectivity index (χ0v) is 16.2. The summed E-state index contributed by atoms with van der Waals surface area (Å²) in [5.41, 5.74) is 0. The number of allylic oxidation sites excluding steroid dienone is 2. The summed E-state index contributed by atoms with van der Waals surface area (Å²) in [5, 5.41) is 1.59. The number of alkyl halides is 2. The van der Waals surface area contributed by atoms with Gasteiger partial charge in [-0.15, -0.1) is 23.2 Å². The van der Waals surface area contributed by atoms with Gasteiger partial charge in [0, 0.05) is 11.8 Å². The number of hydrogen-bond donors (Lipinski definition) is 0. The molecule has 9 heteroatoms. The zero-order valence-electron chi connectivity index (χ0n) is 13.2. The van der Waals surface area contributed by atoms with E-state index in [1.165, 1.54) is 0 Å². The van der Waals surface area contributed by atoms with Crippen LogP contribution in [0.1, 0.15) is 19.8 Å². The van der Waals surface area contributed by atoms with Gasteiger partial charge in [-0.25, -0.2) is 0 Å². The molecule has 3 heterocycles. The molecule has 4 fully saturated rings. The fourth-order valence-corrected chi connectivity index (χ4v) is 7.59. The summed E-state index contributed by atoms with van der Waals surface area (Å²) >= 11 is 26.5. The summed E-state index contributed by atoms with van der Waals surface area (Å²) < 4.78 is 6.07. The van der Waals surface area contributed by atoms with Crippen LogP contribution in [0, 0.1) is 23.7 Å². The number of hydroxylamine groups is 2. The van der Waals surface area contributed by atoms with Crippen LogP contribution < -0.4 is 0 Å². The lowest BCUT2D eigenvalue weighted by Gasteiger charge is -2.40. The van der Waals surface area contributed by atoms with Gasteiger partial charge in [0.1, 0.15) is 0 Å². The molecule has 0 unspecified atom stereocenters. The van der Waals surface area contributed by atoms with Gasteiger partial charge < -0.3 is 4.74 Å². The lowest BCUT2D eigenvalue weighted by molar-refractivity contribution is -0.192. The molecule has 4 bridgehead atoms. The molecule has 0 aromatic rings. The molecule has 0 spiro atoms. The highest BCUT2D eigenvalue weighted by molar-refractivity contribution is 6.51. The zero-order chi connectivity index (χ0) is 17.9. The van der Waals surface area contributed by atoms with Gasteiger partial charge in [-0.2, -0.15) is 5.06 Å². The number of carbonyl (C=O) groups is 2. The molecule has 8 atom stereocenters. The number of carbonyl (C=O) groups excluding carboxylic acids is 2. The first-order valence-corrected chi connectivity index (χ1v) is 9.88. The molecule has 2 amide bonds. The fourth-order valence-electron chi connectivity index (χ4n) is 5.57. The minimum absolute atomic E-state index is 0.240. The van der Waals surface area contributed by atoms with E-state index in [2.05, 4.69) is 0 Å². The number of halogens is 4. The average Bonchev–Trinajstić information content (AvgIpc) is 3.29. The van der Waals surface area contributed by atoms with E-state index in [0.717, 1.165) is 5.06 Å². The third-order valence-electron chi connectivity index (χ3n) is 6.39. The van der Waals surface area contributed by atoms with E-state index >= 15 is 0 Å². The third kappa shape index (κ3) is 1.72. The van der Waals surface area contributed by atoms with Crippen molar-refractivity contribution < 1.29 is 19.2 Å². The molecule has 5 aliphatic rings. The van der Waals surface area contributed by atoms with Crippen molar-refractivity contribution in [2.75, 3.05) is 6.61 Å². The van der Waals surface area contributed by atoms with E-state index in [-0.39, 0.29) is 23.7 Å². The van der Waals surface area contributed by atoms with Crippen molar-refractivity contribution in [1.29, 1.82) is 0 Å². The number of hydrogen-bond acceptors (Lipinski definition) is 4. The minimum atomic E-state index is -0.934. The topological polar surface area (TPSA) is 55.8 Å². The van der Waals surface area contributed by atoms with Gasteiger partial charge in [-0.1, -0.05) is 30.1 Å². The molecule has 2 aliphatic carbocycles. The highest BCUT2D eigenvalue weighted by atomic mass is 35.5. The van der Waals surface area contributed by atoms with E-state index in [0.29, 0.717) is 29.5 Å². The van der Waals surface area contributed by atoms with Crippen molar-refractivity contribution in [3.63, 3.8) is 0 Å². The predicted molar refractivity (Wildman–Crippen MR) is 91.2 cm³/mol. The quantitative estimate of drug-likeness (QED) is 0.514. The van der Waals surface area contributed by atoms with E-state index in [4.69, 9.17) is 56.0 Å². The number of ether oxygens (including phenoxy) is 1. The van der Waals surface area contributed by atoms with Crippen LogP contribution in [-0.4, -0.2) is 45.4 Å². The molecule has 25 heavy (non-hydrogen) atoms. The largest absolute Gasteiger partial charge is 0.373 e. The number of rotatable bonds is 3. The maximum absolute atomic E-state index is 12.8. The number of amides is 2. The van der Waals surface area contributed by atoms with Gasteiger partial charge in [-0.05, 0) is 12.8 Å². The predicted octanol–water partition coefficient (Wildman–Crippen LogP) is 3.00. The van der Waals surface area contributed by atoms with Crippen molar-refractivity contribution >= 4 is 58.2 Å². The van der Waals surface area contributed by atoms with Crippen LogP contribution in [0.4, 0.5) is 0 Å². The SMILES string of the molecule is CCCON1C(=O)[C@@H]2[C@H]3O[C@@H]([C@@H]2C1=O)[C@H]1[C@@H]3[C@@]2(Cl)C[C@@]1(Cl)C(Cl)=C2Cl. The first kappa shape index (κ1) is 17.1. The van der Waals surface area contributed by atoms with Crippen LogP contribution in [0.2, 0.25) is 0 Å². The minimum Gasteiger partial charge on any atom is -0.373 e. The molecule has 0 aromatic heterocycles. The van der Waals surface area contributed by atoms with Crippen LogP contribution >= 0.6 is 46.4 Å². The second-order valence-corrected chi connectivity index (χ2v) is 9.61. The Kier molecular flexibility index (Phi) is 3.46. The van der Waals surface area contributed by atoms with Crippen LogP contribution in [0.3, 0.4) is 0 Å². The summed E-state index contributed by atoms with van der Waals surface area (Å²) in [6.45, 7) is 2.21. The molecule has 3 aliphatic heterocycles. The van der Waals surface area contributed by atoms with Crippen molar-refractivity contribution in [1.82, 2.24) is 5.06 Å². The Morgan fingerprint density at radius 3 is 2.00 bits per heavy atom. The van der Waals surface area contributed by atoms with E-state index in [9.17, 15) is 9.59 Å². The Bertz CT molecular complexity index is 690. The van der Waals surface area contributed by atoms with E-state index < -0.39 is 33.8 Å². The summed E-state index contributed by atoms with van der Waals surface area (Å²) in [7, 11) is 0. The third-order valence-corrected chi connectivity index (χ3v) is 8.88. The van der Waals surface area contributed by atoms with Gasteiger partial charge in [0.25, 0.3) is 11.8 Å². The highest BCUT2D eigenvalue weighted by Crippen LogP contribution is 2.75. The molecule has 1 saturated carbocycles. The van der Waals surface area contributed by atoms with Crippen LogP contribution in [0.15, 0.2) is 10.1 Å². The van der Waals surface area contributed by atoms with Gasteiger partial charge in [0.15, 0.2) is 0 Å². The second-order valence-electron chi connectivity index (χ2n) is 7.50. The lowest BCUT2D eigenvalue weighted by Crippen LogP contribution is -2.50. The van der Waals surface area contributed by atoms with E-state index in [1.54, 1.807) is 0 Å². The fraction of sp³-hybridized carbons (Fsp3) is 0.750. The van der Waals surface area contributed by atoms with Gasteiger partial charge >= 0.3 is 0 Å². The smallest absolute Gasteiger partial charge is 0.260 e. The molecule has 0 aromatic carbocycles. The molecule has 136 valence electrons. The normalized spacial score (nSPS) is 52.6. The van der Waals surface area contributed by atoms with Gasteiger partial charge in [-0.3, -0.25) is 14.4 Å². The Labute approximate surface area is 164 Å². The summed E-state index contributed by atoms with van der Waals surface area (Å²) in [6, 6.07) is 0. The maximum Gasteiger partial charge on any atom is 0.260 e. The second kappa shape index (κ2) is 5.06. The molecule has 0 N–H and O–H groups in total. The summed E-state index contributed by atoms with van der Waals surface area (Å²) in [6.07, 6.45) is 0.0995. The first-order valence-electron chi connectivity index (χ1n) is 8.37. The lowest BCUT2D eigenvalue weighted by atomic mass is 9.65. The Morgan fingerprint density at radius 2 is 1.56 bits per heavy atom. The monoisotopic (exact) mass is 425 g/mol. The number of imide groups is 1. The standard InChI is InChI=1S/C16H15Cl4NO4/c1-2-3-24-21-13(22)5-6(14(21)23)10-8-7(9(5)25-10)15(19)4-16(8,20)12(18)11(15)17/h5-10H,2-4H2,1H3/t5-,6+,7-,8+,9+,10-,15-,16-/m0/s1. The van der Waals surface area contributed by atoms with Crippen molar-refractivity contribution in [2.45, 2.75) is 41.7 Å². The van der Waals surface area contributed by atoms with E-state index in [1.807, 2.05) is 6.92 Å². The molecular weight excluding hydrogens is 412 g/mol. The summed E-state index contributed by atoms with van der Waals surface area (Å²) in [4.78, 5) is 29.0. The average molecular weight is 427 g/mol. The van der Waals surface area contributed by atoms with Gasteiger partial charge in [0.05, 0.1) is 50.5 Å². The summed E-state index contributed by atoms with van der Waals surface area (Å²) in [5.74, 6) is -2.37. The Morgan fingerprint density at radius 1 is 1.08 bits per heavy atom. The first-order chi connectivity index (χ1) is 11.8. The van der Waals surface area contributed by atoms with Crippen molar-refractivity contribution in [3.05, 3.63) is 10.1 Å². The molecule has 3 saturated heterocycles. The van der Waals surface area contributed by atoms with Crippen LogP contribution in [-0.2, 0) is 19.2 Å². The molecule has 5 rings (SSSR count). The molecular formula is C16H15Cl4NO4. The number of nitrogens with zero attached hydrogens (tertiary/aromatic N) is 1. The van der Waals surface area contributed by atoms with Gasteiger partial charge in [0.2, 0.25) is 0 Å². The maximum atomic E-state index is 12.8. The Hall–Kier alpha value is -0.0400. The highest BCUT2D eigenvalue weighted by Gasteiger charge is 2.82. The number of fused-ring (bicyclic) bond motifs is 12.